The molecule has 8 nitrogen and oxygen atoms in total. The van der Waals surface area contributed by atoms with E-state index in [4.69, 9.17) is 10.5 Å². The number of hydrogen-bond acceptors (Lipinski definition) is 6. The Morgan fingerprint density at radius 2 is 1.26 bits per heavy atom. The predicted octanol–water partition coefficient (Wildman–Crippen LogP) is 6.02. The molecular formula is C29H19NO7S2. The molecule has 6 aromatic carbocycles. The number of ether oxygens (including phenoxy) is 1. The first kappa shape index (κ1) is 23.9. The molecule has 1 aliphatic rings. The maximum absolute atomic E-state index is 12.2. The minimum Gasteiger partial charge on any atom is -0.456 e. The van der Waals surface area contributed by atoms with Crippen LogP contribution in [0.15, 0.2) is 88.7 Å². The van der Waals surface area contributed by atoms with Crippen LogP contribution in [0.1, 0.15) is 11.1 Å². The van der Waals surface area contributed by atoms with Gasteiger partial charge in [-0.15, -0.1) is 0 Å². The average Bonchev–Trinajstić information content (AvgIpc) is 3.26. The van der Waals surface area contributed by atoms with Crippen LogP contribution in [0.3, 0.4) is 0 Å². The van der Waals surface area contributed by atoms with Crippen molar-refractivity contribution in [1.82, 2.24) is 0 Å². The lowest BCUT2D eigenvalue weighted by Gasteiger charge is -2.17. The number of nitrogen functional groups attached to an aromatic ring is 1. The Morgan fingerprint density at radius 3 is 1.97 bits per heavy atom. The quantitative estimate of drug-likeness (QED) is 0.135. The molecule has 10 heteroatoms. The van der Waals surface area contributed by atoms with Crippen LogP contribution in [0, 0.1) is 0 Å². The Balaban J connectivity index is 1.46. The molecule has 0 spiro atoms. The summed E-state index contributed by atoms with van der Waals surface area (Å²) in [6.07, 6.45) is 0.333. The third-order valence-corrected chi connectivity index (χ3v) is 9.08. The second kappa shape index (κ2) is 7.90. The van der Waals surface area contributed by atoms with E-state index >= 15 is 0 Å². The van der Waals surface area contributed by atoms with E-state index in [0.29, 0.717) is 34.5 Å². The number of fused-ring (bicyclic) bond motifs is 3. The van der Waals surface area contributed by atoms with Crippen LogP contribution in [0.2, 0.25) is 0 Å². The molecule has 0 aromatic heterocycles. The van der Waals surface area contributed by atoms with Crippen molar-refractivity contribution in [2.45, 2.75) is 16.2 Å². The maximum Gasteiger partial charge on any atom is 0.294 e. The third kappa shape index (κ3) is 3.64. The van der Waals surface area contributed by atoms with Crippen molar-refractivity contribution in [2.75, 3.05) is 5.73 Å². The number of nitrogens with two attached hydrogens (primary N) is 1. The van der Waals surface area contributed by atoms with Crippen molar-refractivity contribution in [2.24, 2.45) is 0 Å². The molecule has 194 valence electrons. The van der Waals surface area contributed by atoms with E-state index in [1.54, 1.807) is 12.1 Å². The van der Waals surface area contributed by atoms with Gasteiger partial charge in [-0.2, -0.15) is 16.8 Å². The molecule has 7 rings (SSSR count). The van der Waals surface area contributed by atoms with Crippen molar-refractivity contribution in [3.05, 3.63) is 90.0 Å². The van der Waals surface area contributed by atoms with E-state index in [0.717, 1.165) is 37.9 Å². The van der Waals surface area contributed by atoms with E-state index in [1.807, 2.05) is 42.5 Å². The average molecular weight is 558 g/mol. The summed E-state index contributed by atoms with van der Waals surface area (Å²) in [4.78, 5) is -0.716. The molecule has 6 aromatic rings. The van der Waals surface area contributed by atoms with Gasteiger partial charge in [0.15, 0.2) is 0 Å². The summed E-state index contributed by atoms with van der Waals surface area (Å²) in [5, 5.41) is 5.68. The summed E-state index contributed by atoms with van der Waals surface area (Å²) in [5.74, 6) is 0.683. The van der Waals surface area contributed by atoms with E-state index in [1.165, 1.54) is 24.3 Å². The summed E-state index contributed by atoms with van der Waals surface area (Å²) in [7, 11) is -9.12. The van der Waals surface area contributed by atoms with Crippen molar-refractivity contribution >= 4 is 58.2 Å². The number of anilines is 1. The van der Waals surface area contributed by atoms with E-state index in [-0.39, 0.29) is 10.6 Å². The van der Waals surface area contributed by atoms with Crippen molar-refractivity contribution in [3.8, 4) is 22.6 Å². The molecule has 0 heterocycles. The maximum atomic E-state index is 12.2. The van der Waals surface area contributed by atoms with Gasteiger partial charge in [0.05, 0.1) is 9.79 Å². The van der Waals surface area contributed by atoms with E-state index in [9.17, 15) is 25.9 Å². The fourth-order valence-corrected chi connectivity index (χ4v) is 6.63. The highest BCUT2D eigenvalue weighted by Crippen LogP contribution is 2.47. The number of benzene rings is 6. The van der Waals surface area contributed by atoms with Crippen molar-refractivity contribution in [1.29, 1.82) is 0 Å². The Bertz CT molecular complexity index is 2240. The monoisotopic (exact) mass is 557 g/mol. The summed E-state index contributed by atoms with van der Waals surface area (Å²) in [6.45, 7) is 0. The minimum atomic E-state index is -4.63. The Morgan fingerprint density at radius 1 is 0.641 bits per heavy atom. The van der Waals surface area contributed by atoms with Gasteiger partial charge in [-0.05, 0) is 69.2 Å². The van der Waals surface area contributed by atoms with Gasteiger partial charge in [0, 0.05) is 39.9 Å². The van der Waals surface area contributed by atoms with E-state index in [2.05, 4.69) is 0 Å². The lowest BCUT2D eigenvalue weighted by molar-refractivity contribution is 0.472. The third-order valence-electron chi connectivity index (χ3n) is 7.40. The molecule has 0 radical (unpaired) electrons. The molecular weight excluding hydrogens is 538 g/mol. The second-order valence-electron chi connectivity index (χ2n) is 9.64. The lowest BCUT2D eigenvalue weighted by atomic mass is 9.93. The fourth-order valence-electron chi connectivity index (χ4n) is 5.60. The molecule has 0 saturated heterocycles. The predicted molar refractivity (Wildman–Crippen MR) is 149 cm³/mol. The summed E-state index contributed by atoms with van der Waals surface area (Å²) >= 11 is 0. The highest BCUT2D eigenvalue weighted by atomic mass is 32.2. The van der Waals surface area contributed by atoms with Gasteiger partial charge in [-0.25, -0.2) is 0 Å². The van der Waals surface area contributed by atoms with Crippen LogP contribution < -0.4 is 10.5 Å². The van der Waals surface area contributed by atoms with Crippen molar-refractivity contribution < 1.29 is 30.7 Å². The van der Waals surface area contributed by atoms with Crippen molar-refractivity contribution in [3.63, 3.8) is 0 Å². The molecule has 0 saturated carbocycles. The van der Waals surface area contributed by atoms with Gasteiger partial charge in [-0.3, -0.25) is 9.11 Å². The van der Waals surface area contributed by atoms with Crippen LogP contribution in [0.4, 0.5) is 5.69 Å². The molecule has 39 heavy (non-hydrogen) atoms. The molecule has 4 N–H and O–H groups in total. The zero-order valence-corrected chi connectivity index (χ0v) is 21.7. The molecule has 0 unspecified atom stereocenters. The van der Waals surface area contributed by atoms with Gasteiger partial charge >= 0.3 is 0 Å². The molecule has 0 fully saturated rings. The van der Waals surface area contributed by atoms with Gasteiger partial charge in [-0.1, -0.05) is 36.4 Å². The molecule has 0 amide bonds. The van der Waals surface area contributed by atoms with Gasteiger partial charge in [0.1, 0.15) is 11.5 Å². The second-order valence-corrected chi connectivity index (χ2v) is 12.5. The smallest absolute Gasteiger partial charge is 0.294 e. The normalized spacial score (nSPS) is 13.3. The zero-order chi connectivity index (χ0) is 27.3. The van der Waals surface area contributed by atoms with E-state index < -0.39 is 25.1 Å². The zero-order valence-electron chi connectivity index (χ0n) is 20.0. The fraction of sp³-hybridized carbons (Fsp3) is 0.0345. The summed E-state index contributed by atoms with van der Waals surface area (Å²) in [5.41, 5.74) is 9.09. The van der Waals surface area contributed by atoms with Gasteiger partial charge in [0.2, 0.25) is 0 Å². The van der Waals surface area contributed by atoms with Gasteiger partial charge in [0.25, 0.3) is 20.2 Å². The van der Waals surface area contributed by atoms with Crippen LogP contribution in [-0.2, 0) is 26.7 Å². The highest BCUT2D eigenvalue weighted by molar-refractivity contribution is 7.86. The topological polar surface area (TPSA) is 144 Å². The van der Waals surface area contributed by atoms with Crippen LogP contribution in [0.25, 0.3) is 43.4 Å². The number of hydrogen-bond donors (Lipinski definition) is 3. The molecule has 1 aliphatic carbocycles. The largest absolute Gasteiger partial charge is 0.456 e. The van der Waals surface area contributed by atoms with Crippen LogP contribution in [-0.4, -0.2) is 25.9 Å². The molecule has 0 aliphatic heterocycles. The minimum absolute atomic E-state index is 0.208. The molecule has 0 bridgehead atoms. The number of rotatable bonds is 4. The first-order valence-corrected chi connectivity index (χ1v) is 14.8. The Kier molecular flexibility index (Phi) is 4.83. The molecule has 0 atom stereocenters. The first-order chi connectivity index (χ1) is 18.5. The first-order valence-electron chi connectivity index (χ1n) is 11.9. The van der Waals surface area contributed by atoms with Gasteiger partial charge < -0.3 is 10.5 Å². The summed E-state index contributed by atoms with van der Waals surface area (Å²) < 4.78 is 73.7. The standard InChI is InChI=1S/C29H19NO7S2/c30-25-9-4-15-1-2-16-5-10-26(21-8-7-20(25)28(15)29(16)21)37-27-14-19(39(34,35)36)13-23-22-12-18(38(31,32)33)6-3-17(22)11-24(23)27/h1-10,12-14H,11,30H2,(H,31,32,33)(H,34,35,36). The highest BCUT2D eigenvalue weighted by Gasteiger charge is 2.28. The summed E-state index contributed by atoms with van der Waals surface area (Å²) in [6, 6.07) is 22.1. The lowest BCUT2D eigenvalue weighted by Crippen LogP contribution is -2.01. The van der Waals surface area contributed by atoms with Crippen LogP contribution in [0.5, 0.6) is 11.5 Å². The van der Waals surface area contributed by atoms with Crippen LogP contribution >= 0.6 is 0 Å². The Labute approximate surface area is 223 Å². The SMILES string of the molecule is Nc1ccc2ccc3ccc(Oc4cc(S(=O)(=O)O)cc5c4Cc4ccc(S(=O)(=O)O)cc4-5)c4ccc1c2c34. The Hall–Kier alpha value is -4.22.